The van der Waals surface area contributed by atoms with Gasteiger partial charge in [0.05, 0.1) is 22.3 Å². The van der Waals surface area contributed by atoms with Gasteiger partial charge in [-0.1, -0.05) is 23.5 Å². The van der Waals surface area contributed by atoms with Crippen molar-refractivity contribution in [3.8, 4) is 11.5 Å². The van der Waals surface area contributed by atoms with Gasteiger partial charge in [0, 0.05) is 30.1 Å². The zero-order chi connectivity index (χ0) is 22.3. The molecule has 0 radical (unpaired) electrons. The largest absolute Gasteiger partial charge is 0.454 e. The summed E-state index contributed by atoms with van der Waals surface area (Å²) in [6.07, 6.45) is -1.36. The highest BCUT2D eigenvalue weighted by Crippen LogP contribution is 2.40. The van der Waals surface area contributed by atoms with Crippen molar-refractivity contribution in [2.75, 3.05) is 11.7 Å². The van der Waals surface area contributed by atoms with Crippen LogP contribution in [0.15, 0.2) is 60.9 Å². The van der Waals surface area contributed by atoms with E-state index in [1.165, 1.54) is 28.4 Å². The fourth-order valence-electron chi connectivity index (χ4n) is 3.31. The zero-order valence-corrected chi connectivity index (χ0v) is 17.1. The Bertz CT molecular complexity index is 1270. The second-order valence-electron chi connectivity index (χ2n) is 7.00. The van der Waals surface area contributed by atoms with Crippen LogP contribution in [-0.2, 0) is 12.7 Å². The van der Waals surface area contributed by atoms with Crippen LogP contribution in [0.4, 0.5) is 18.3 Å². The minimum absolute atomic E-state index is 0.0860. The number of rotatable bonds is 4. The summed E-state index contributed by atoms with van der Waals surface area (Å²) in [7, 11) is 0. The summed E-state index contributed by atoms with van der Waals surface area (Å²) >= 11 is 1.24. The minimum atomic E-state index is -4.55. The lowest BCUT2D eigenvalue weighted by Gasteiger charge is -2.20. The topological polar surface area (TPSA) is 64.6 Å². The predicted octanol–water partition coefficient (Wildman–Crippen LogP) is 5.29. The maximum absolute atomic E-state index is 13.4. The molecule has 0 saturated carbocycles. The van der Waals surface area contributed by atoms with E-state index in [-0.39, 0.29) is 18.9 Å². The van der Waals surface area contributed by atoms with Gasteiger partial charge in [-0.2, -0.15) is 13.2 Å². The van der Waals surface area contributed by atoms with Crippen molar-refractivity contribution in [1.29, 1.82) is 0 Å². The fraction of sp³-hybridized carbons (Fsp3) is 0.136. The number of thiazole rings is 1. The Labute approximate surface area is 183 Å². The molecular formula is C22H14F3N3O3S. The van der Waals surface area contributed by atoms with Gasteiger partial charge in [0.25, 0.3) is 5.91 Å². The summed E-state index contributed by atoms with van der Waals surface area (Å²) in [6.45, 7) is 0.218. The van der Waals surface area contributed by atoms with E-state index in [1.54, 1.807) is 36.7 Å². The van der Waals surface area contributed by atoms with Crippen LogP contribution in [-0.4, -0.2) is 22.7 Å². The molecule has 0 unspecified atom stereocenters. The average Bonchev–Trinajstić information content (AvgIpc) is 3.41. The van der Waals surface area contributed by atoms with Gasteiger partial charge in [0.2, 0.25) is 6.79 Å². The molecule has 2 aromatic carbocycles. The highest BCUT2D eigenvalue weighted by Gasteiger charge is 2.32. The van der Waals surface area contributed by atoms with E-state index in [9.17, 15) is 18.0 Å². The van der Waals surface area contributed by atoms with Crippen LogP contribution in [0.25, 0.3) is 10.2 Å². The Morgan fingerprint density at radius 1 is 1.09 bits per heavy atom. The van der Waals surface area contributed by atoms with Gasteiger partial charge in [-0.15, -0.1) is 0 Å². The fourth-order valence-corrected chi connectivity index (χ4v) is 4.28. The molecule has 4 aromatic rings. The van der Waals surface area contributed by atoms with E-state index in [4.69, 9.17) is 9.47 Å². The third kappa shape index (κ3) is 3.84. The number of aromatic nitrogens is 2. The number of benzene rings is 2. The number of pyridine rings is 1. The van der Waals surface area contributed by atoms with E-state index in [0.717, 1.165) is 16.8 Å². The van der Waals surface area contributed by atoms with E-state index in [2.05, 4.69) is 9.97 Å². The number of carbonyl (C=O) groups is 1. The Balaban J connectivity index is 1.57. The van der Waals surface area contributed by atoms with Crippen LogP contribution in [0.3, 0.4) is 0 Å². The molecule has 5 rings (SSSR count). The monoisotopic (exact) mass is 457 g/mol. The number of amides is 1. The third-order valence-electron chi connectivity index (χ3n) is 4.85. The first-order chi connectivity index (χ1) is 15.4. The summed E-state index contributed by atoms with van der Waals surface area (Å²) in [6, 6.07) is 11.4. The van der Waals surface area contributed by atoms with Crippen LogP contribution in [0.1, 0.15) is 21.5 Å². The molecule has 162 valence electrons. The molecule has 1 aliphatic heterocycles. The number of hydrogen-bond donors (Lipinski definition) is 0. The number of ether oxygens (including phenoxy) is 2. The Hall–Kier alpha value is -3.66. The molecule has 1 aliphatic rings. The summed E-state index contributed by atoms with van der Waals surface area (Å²) < 4.78 is 51.1. The lowest BCUT2D eigenvalue weighted by molar-refractivity contribution is -0.137. The smallest absolute Gasteiger partial charge is 0.416 e. The van der Waals surface area contributed by atoms with Crippen molar-refractivity contribution in [1.82, 2.24) is 9.97 Å². The summed E-state index contributed by atoms with van der Waals surface area (Å²) in [5, 5.41) is 0.343. The van der Waals surface area contributed by atoms with E-state index >= 15 is 0 Å². The highest BCUT2D eigenvalue weighted by molar-refractivity contribution is 7.22. The molecule has 2 aromatic heterocycles. The SMILES string of the molecule is O=C(c1cccc(C(F)(F)F)c1)N(Cc1cccnc1)c1nc2cc3c(cc2s1)OCO3. The number of alkyl halides is 3. The van der Waals surface area contributed by atoms with Crippen LogP contribution >= 0.6 is 11.3 Å². The van der Waals surface area contributed by atoms with Crippen molar-refractivity contribution < 1.29 is 27.4 Å². The van der Waals surface area contributed by atoms with Crippen LogP contribution < -0.4 is 14.4 Å². The first kappa shape index (κ1) is 20.3. The number of hydrogen-bond acceptors (Lipinski definition) is 6. The Morgan fingerprint density at radius 3 is 2.66 bits per heavy atom. The first-order valence-corrected chi connectivity index (χ1v) is 10.3. The summed E-state index contributed by atoms with van der Waals surface area (Å²) in [5.74, 6) is 0.534. The third-order valence-corrected chi connectivity index (χ3v) is 5.89. The van der Waals surface area contributed by atoms with E-state index < -0.39 is 17.6 Å². The molecule has 0 saturated heterocycles. The van der Waals surface area contributed by atoms with Gasteiger partial charge < -0.3 is 9.47 Å². The zero-order valence-electron chi connectivity index (χ0n) is 16.3. The van der Waals surface area contributed by atoms with Gasteiger partial charge in [0.1, 0.15) is 0 Å². The van der Waals surface area contributed by atoms with Gasteiger partial charge >= 0.3 is 6.18 Å². The second kappa shape index (κ2) is 7.79. The molecule has 3 heterocycles. The van der Waals surface area contributed by atoms with Gasteiger partial charge in [-0.25, -0.2) is 4.98 Å². The molecule has 0 aliphatic carbocycles. The highest BCUT2D eigenvalue weighted by atomic mass is 32.1. The number of nitrogens with zero attached hydrogens (tertiary/aromatic N) is 3. The lowest BCUT2D eigenvalue weighted by Crippen LogP contribution is -2.30. The number of fused-ring (bicyclic) bond motifs is 2. The molecule has 0 fully saturated rings. The summed E-state index contributed by atoms with van der Waals surface area (Å²) in [4.78, 5) is 23.3. The van der Waals surface area contributed by atoms with Gasteiger partial charge in [0.15, 0.2) is 16.6 Å². The Kier molecular flexibility index (Phi) is 4.93. The standard InChI is InChI=1S/C22H14F3N3O3S/c23-22(24,25)15-5-1-4-14(7-15)20(29)28(11-13-3-2-6-26-10-13)21-27-16-8-17-18(31-12-30-17)9-19(16)32-21/h1-10H,11-12H2. The second-order valence-corrected chi connectivity index (χ2v) is 8.01. The quantitative estimate of drug-likeness (QED) is 0.417. The molecule has 32 heavy (non-hydrogen) atoms. The van der Waals surface area contributed by atoms with E-state index in [0.29, 0.717) is 27.7 Å². The molecule has 10 heteroatoms. The molecule has 1 amide bonds. The van der Waals surface area contributed by atoms with Crippen LogP contribution in [0.5, 0.6) is 11.5 Å². The molecule has 6 nitrogen and oxygen atoms in total. The van der Waals surface area contributed by atoms with Gasteiger partial charge in [-0.05, 0) is 29.8 Å². The molecular weight excluding hydrogens is 443 g/mol. The molecule has 0 bridgehead atoms. The lowest BCUT2D eigenvalue weighted by atomic mass is 10.1. The van der Waals surface area contributed by atoms with E-state index in [1.807, 2.05) is 0 Å². The normalized spacial score (nSPS) is 12.8. The van der Waals surface area contributed by atoms with Crippen molar-refractivity contribution in [3.63, 3.8) is 0 Å². The van der Waals surface area contributed by atoms with Crippen molar-refractivity contribution >= 4 is 32.6 Å². The first-order valence-electron chi connectivity index (χ1n) is 9.47. The van der Waals surface area contributed by atoms with Crippen molar-refractivity contribution in [3.05, 3.63) is 77.6 Å². The Morgan fingerprint density at radius 2 is 1.91 bits per heavy atom. The van der Waals surface area contributed by atoms with Crippen molar-refractivity contribution in [2.45, 2.75) is 12.7 Å². The maximum atomic E-state index is 13.4. The molecule has 0 N–H and O–H groups in total. The predicted molar refractivity (Wildman–Crippen MR) is 112 cm³/mol. The summed E-state index contributed by atoms with van der Waals surface area (Å²) in [5.41, 5.74) is 0.334. The molecule has 0 atom stereocenters. The minimum Gasteiger partial charge on any atom is -0.454 e. The van der Waals surface area contributed by atoms with Gasteiger partial charge in [-0.3, -0.25) is 14.7 Å². The van der Waals surface area contributed by atoms with Crippen molar-refractivity contribution in [2.24, 2.45) is 0 Å². The number of halogens is 3. The maximum Gasteiger partial charge on any atom is 0.416 e. The number of anilines is 1. The average molecular weight is 457 g/mol. The number of carbonyl (C=O) groups excluding carboxylic acids is 1. The molecule has 0 spiro atoms. The van der Waals surface area contributed by atoms with Crippen LogP contribution in [0.2, 0.25) is 0 Å². The van der Waals surface area contributed by atoms with Crippen LogP contribution in [0, 0.1) is 0 Å².